The minimum absolute atomic E-state index is 0.214. The van der Waals surface area contributed by atoms with Crippen LogP contribution in [-0.4, -0.2) is 49.8 Å². The highest BCUT2D eigenvalue weighted by atomic mass is 16.6. The molecular formula is C17H27NO6. The molecular weight excluding hydrogens is 314 g/mol. The van der Waals surface area contributed by atoms with Gasteiger partial charge in [0.25, 0.3) is 5.91 Å². The molecule has 1 unspecified atom stereocenters. The number of nitrogens with one attached hydrogen (secondary N) is 1. The van der Waals surface area contributed by atoms with Crippen molar-refractivity contribution in [1.29, 1.82) is 0 Å². The summed E-state index contributed by atoms with van der Waals surface area (Å²) < 4.78 is 14.9. The van der Waals surface area contributed by atoms with Crippen LogP contribution in [0, 0.1) is 5.92 Å². The van der Waals surface area contributed by atoms with Gasteiger partial charge in [-0.1, -0.05) is 13.0 Å². The first-order valence-electron chi connectivity index (χ1n) is 8.13. The zero-order valence-corrected chi connectivity index (χ0v) is 14.6. The molecule has 7 nitrogen and oxygen atoms in total. The summed E-state index contributed by atoms with van der Waals surface area (Å²) in [4.78, 5) is 35.9. The normalized spacial score (nSPS) is 24.5. The Kier molecular flexibility index (Phi) is 7.91. The number of rotatable bonds is 8. The molecule has 1 atom stereocenters. The van der Waals surface area contributed by atoms with E-state index in [1.807, 2.05) is 0 Å². The topological polar surface area (TPSA) is 90.9 Å². The number of methoxy groups -OCH3 is 1. The minimum Gasteiger partial charge on any atom is -0.467 e. The van der Waals surface area contributed by atoms with Crippen molar-refractivity contribution in [3.8, 4) is 0 Å². The summed E-state index contributed by atoms with van der Waals surface area (Å²) in [5.41, 5.74) is -1.03. The van der Waals surface area contributed by atoms with Crippen LogP contribution in [0.3, 0.4) is 0 Å². The Morgan fingerprint density at radius 3 is 2.50 bits per heavy atom. The molecule has 1 amide bonds. The standard InChI is InChI=1S/C17H27NO6/c1-5-10-23-13(3)15(20)24-11-14(19)18-17(16(21)22-4)8-6-12(2)7-9-17/h5,12-13H,1,6-11H2,2-4H3,(H,18,19). The Balaban J connectivity index is 2.55. The molecule has 0 radical (unpaired) electrons. The van der Waals surface area contributed by atoms with E-state index >= 15 is 0 Å². The van der Waals surface area contributed by atoms with Gasteiger partial charge in [0.15, 0.2) is 12.7 Å². The van der Waals surface area contributed by atoms with Crippen molar-refractivity contribution in [2.24, 2.45) is 5.92 Å². The van der Waals surface area contributed by atoms with Crippen molar-refractivity contribution < 1.29 is 28.6 Å². The highest BCUT2D eigenvalue weighted by Crippen LogP contribution is 2.32. The van der Waals surface area contributed by atoms with Crippen LogP contribution in [0.2, 0.25) is 0 Å². The maximum atomic E-state index is 12.1. The van der Waals surface area contributed by atoms with Crippen LogP contribution in [0.5, 0.6) is 0 Å². The maximum absolute atomic E-state index is 12.1. The van der Waals surface area contributed by atoms with Crippen LogP contribution in [0.15, 0.2) is 12.7 Å². The van der Waals surface area contributed by atoms with Crippen LogP contribution in [0.1, 0.15) is 39.5 Å². The SMILES string of the molecule is C=CCOC(C)C(=O)OCC(=O)NC1(C(=O)OC)CCC(C)CC1. The third kappa shape index (κ3) is 5.63. The van der Waals surface area contributed by atoms with Gasteiger partial charge < -0.3 is 19.5 Å². The Labute approximate surface area is 142 Å². The lowest BCUT2D eigenvalue weighted by atomic mass is 9.77. The smallest absolute Gasteiger partial charge is 0.335 e. The maximum Gasteiger partial charge on any atom is 0.335 e. The number of hydrogen-bond donors (Lipinski definition) is 1. The fraction of sp³-hybridized carbons (Fsp3) is 0.706. The van der Waals surface area contributed by atoms with Gasteiger partial charge in [-0.3, -0.25) is 4.79 Å². The Bertz CT molecular complexity index is 468. The summed E-state index contributed by atoms with van der Waals surface area (Å²) in [5.74, 6) is -1.13. The van der Waals surface area contributed by atoms with Gasteiger partial charge in [-0.2, -0.15) is 0 Å². The largest absolute Gasteiger partial charge is 0.467 e. The van der Waals surface area contributed by atoms with Crippen LogP contribution < -0.4 is 5.32 Å². The molecule has 0 aromatic heterocycles. The van der Waals surface area contributed by atoms with E-state index < -0.39 is 36.1 Å². The van der Waals surface area contributed by atoms with Gasteiger partial charge >= 0.3 is 11.9 Å². The fourth-order valence-electron chi connectivity index (χ4n) is 2.67. The van der Waals surface area contributed by atoms with Gasteiger partial charge in [0.2, 0.25) is 0 Å². The summed E-state index contributed by atoms with van der Waals surface area (Å²) in [6.45, 7) is 6.87. The first-order chi connectivity index (χ1) is 11.3. The Hall–Kier alpha value is -1.89. The number of carbonyl (C=O) groups excluding carboxylic acids is 3. The van der Waals surface area contributed by atoms with E-state index in [-0.39, 0.29) is 6.61 Å². The van der Waals surface area contributed by atoms with Gasteiger partial charge in [0.1, 0.15) is 5.54 Å². The van der Waals surface area contributed by atoms with Crippen molar-refractivity contribution >= 4 is 17.8 Å². The number of amides is 1. The van der Waals surface area contributed by atoms with Crippen LogP contribution >= 0.6 is 0 Å². The average Bonchev–Trinajstić information content (AvgIpc) is 2.58. The average molecular weight is 341 g/mol. The van der Waals surface area contributed by atoms with Crippen molar-refractivity contribution in [2.45, 2.75) is 51.2 Å². The highest BCUT2D eigenvalue weighted by Gasteiger charge is 2.43. The molecule has 1 aliphatic carbocycles. The quantitative estimate of drug-likeness (QED) is 0.529. The summed E-state index contributed by atoms with van der Waals surface area (Å²) in [6, 6.07) is 0. The Morgan fingerprint density at radius 1 is 1.33 bits per heavy atom. The van der Waals surface area contributed by atoms with Gasteiger partial charge in [-0.15, -0.1) is 6.58 Å². The monoisotopic (exact) mass is 341 g/mol. The predicted octanol–water partition coefficient (Wildman–Crippen LogP) is 1.36. The molecule has 0 aromatic rings. The fourth-order valence-corrected chi connectivity index (χ4v) is 2.67. The highest BCUT2D eigenvalue weighted by molar-refractivity contribution is 5.89. The summed E-state index contributed by atoms with van der Waals surface area (Å²) in [6.07, 6.45) is 3.39. The van der Waals surface area contributed by atoms with Crippen molar-refractivity contribution in [2.75, 3.05) is 20.3 Å². The zero-order chi connectivity index (χ0) is 18.2. The van der Waals surface area contributed by atoms with Crippen LogP contribution in [0.25, 0.3) is 0 Å². The minimum atomic E-state index is -1.03. The molecule has 0 saturated heterocycles. The predicted molar refractivity (Wildman–Crippen MR) is 87.1 cm³/mol. The first-order valence-corrected chi connectivity index (χ1v) is 8.13. The number of carbonyl (C=O) groups is 3. The number of hydrogen-bond acceptors (Lipinski definition) is 6. The van der Waals surface area contributed by atoms with Crippen molar-refractivity contribution in [1.82, 2.24) is 5.32 Å². The van der Waals surface area contributed by atoms with Crippen molar-refractivity contribution in [3.63, 3.8) is 0 Å². The number of ether oxygens (including phenoxy) is 3. The second-order valence-corrected chi connectivity index (χ2v) is 6.18. The lowest BCUT2D eigenvalue weighted by Crippen LogP contribution is -2.57. The van der Waals surface area contributed by atoms with Gasteiger partial charge in [-0.25, -0.2) is 9.59 Å². The molecule has 1 saturated carbocycles. The third-order valence-electron chi connectivity index (χ3n) is 4.22. The second-order valence-electron chi connectivity index (χ2n) is 6.18. The second kappa shape index (κ2) is 9.42. The molecule has 24 heavy (non-hydrogen) atoms. The molecule has 0 heterocycles. The molecule has 7 heteroatoms. The lowest BCUT2D eigenvalue weighted by Gasteiger charge is -2.37. The molecule has 136 valence electrons. The molecule has 0 spiro atoms. The van der Waals surface area contributed by atoms with E-state index in [4.69, 9.17) is 14.2 Å². The van der Waals surface area contributed by atoms with E-state index in [0.717, 1.165) is 12.8 Å². The van der Waals surface area contributed by atoms with E-state index in [1.54, 1.807) is 0 Å². The number of esters is 2. The summed E-state index contributed by atoms with van der Waals surface area (Å²) in [5, 5.41) is 2.69. The van der Waals surface area contributed by atoms with Gasteiger partial charge in [0, 0.05) is 0 Å². The van der Waals surface area contributed by atoms with E-state index in [0.29, 0.717) is 18.8 Å². The van der Waals surface area contributed by atoms with E-state index in [9.17, 15) is 14.4 Å². The van der Waals surface area contributed by atoms with Gasteiger partial charge in [-0.05, 0) is 38.5 Å². The molecule has 1 N–H and O–H groups in total. The molecule has 0 aromatic carbocycles. The van der Waals surface area contributed by atoms with E-state index in [1.165, 1.54) is 20.1 Å². The van der Waals surface area contributed by atoms with Crippen molar-refractivity contribution in [3.05, 3.63) is 12.7 Å². The molecule has 1 aliphatic rings. The van der Waals surface area contributed by atoms with Crippen LogP contribution in [0.4, 0.5) is 0 Å². The van der Waals surface area contributed by atoms with Gasteiger partial charge in [0.05, 0.1) is 13.7 Å². The first kappa shape index (κ1) is 20.2. The Morgan fingerprint density at radius 2 is 1.96 bits per heavy atom. The third-order valence-corrected chi connectivity index (χ3v) is 4.22. The van der Waals surface area contributed by atoms with Crippen LogP contribution in [-0.2, 0) is 28.6 Å². The van der Waals surface area contributed by atoms with E-state index in [2.05, 4.69) is 18.8 Å². The molecule has 1 fully saturated rings. The zero-order valence-electron chi connectivity index (χ0n) is 14.6. The molecule has 1 rings (SSSR count). The summed E-state index contributed by atoms with van der Waals surface area (Å²) >= 11 is 0. The lowest BCUT2D eigenvalue weighted by molar-refractivity contribution is -0.160. The molecule has 0 bridgehead atoms. The summed E-state index contributed by atoms with van der Waals surface area (Å²) in [7, 11) is 1.30. The molecule has 0 aliphatic heterocycles.